The molecule has 13 amide bonds. The van der Waals surface area contributed by atoms with E-state index in [4.69, 9.17) is 45.9 Å². The fraction of sp³-hybridized carbons (Fsp3) is 0.620. The predicted molar refractivity (Wildman–Crippen MR) is 452 cm³/mol. The van der Waals surface area contributed by atoms with Crippen LogP contribution in [0, 0.1) is 23.7 Å². The van der Waals surface area contributed by atoms with Crippen molar-refractivity contribution in [2.24, 2.45) is 79.5 Å². The number of rotatable bonds is 57. The van der Waals surface area contributed by atoms with E-state index in [0.29, 0.717) is 56.4 Å². The first kappa shape index (κ1) is 102. The number of hydrogen-bond donors (Lipinski definition) is 22. The second-order valence-corrected chi connectivity index (χ2v) is 31.3. The molecular weight excluding hydrogens is 1540 g/mol. The monoisotopic (exact) mass is 1670 g/mol. The van der Waals surface area contributed by atoms with Crippen LogP contribution in [-0.2, 0) is 80.0 Å². The van der Waals surface area contributed by atoms with Gasteiger partial charge in [-0.05, 0) is 156 Å². The van der Waals surface area contributed by atoms with Crippen LogP contribution < -0.4 is 110 Å². The Labute approximate surface area is 694 Å². The van der Waals surface area contributed by atoms with E-state index in [1.54, 1.807) is 98.2 Å². The summed E-state index contributed by atoms with van der Waals surface area (Å²) in [6.07, 6.45) is 5.28. The van der Waals surface area contributed by atoms with Crippen LogP contribution in [0.3, 0.4) is 0 Å². The molecule has 0 aliphatic rings. The Kier molecular flexibility index (Phi) is 46.1. The number of thioether (sulfide) groups is 1. The molecule has 2 aromatic carbocycles. The normalized spacial score (nSPS) is 15.1. The van der Waals surface area contributed by atoms with Crippen molar-refractivity contribution in [3.8, 4) is 0 Å². The van der Waals surface area contributed by atoms with Gasteiger partial charge in [-0.15, -0.1) is 0 Å². The average molecular weight is 1680 g/mol. The topological polar surface area (TPSA) is 652 Å². The van der Waals surface area contributed by atoms with Crippen LogP contribution in [0.2, 0.25) is 0 Å². The standard InChI is InChI=1S/C79H131N23O15S/c1-11-45(7)63(101-70(109)54(29-19-21-36-81)94-67(106)53(28-18-20-35-80)93-66(105)51(82)41-49-42-90-52-27-17-16-26-50(49)52)75(114)96-56(31-23-38-89-79(86)87)68(107)95-55(30-22-37-88-78(84)85)69(108)98-59(40-48-24-14-13-15-25-48)72(111)100-61(43(3)4)73(112)91-47(9)65(104)92-57(32-33-60(83)103)71(110)99-62(44(5)6)74(113)102-64(46(8)12-2)76(115)97-58(77(116)117)34-39-118-10/h13-17,24-27,42-47,51,53-59,61-64,90H,11-12,18-23,28-41,80-82H2,1-10H3,(H2,83,103)(H,91,112)(H,92,104)(H,93,105)(H,94,106)(H,95,107)(H,96,114)(H,97,115)(H,98,108)(H,99,110)(H,100,111)(H,101,109)(H,102,113)(H,116,117)(H4,84,85,88)(H4,86,87,89)/t45-,46-,47-,51-,53-,54-,55-,56-,57-,58-,59-,61-,62-,63-,64-/m0/s1. The van der Waals surface area contributed by atoms with Crippen molar-refractivity contribution in [1.29, 1.82) is 0 Å². The van der Waals surface area contributed by atoms with Crippen molar-refractivity contribution in [1.82, 2.24) is 68.8 Å². The number of aromatic amines is 1. The second-order valence-electron chi connectivity index (χ2n) is 30.3. The predicted octanol–water partition coefficient (Wildman–Crippen LogP) is -2.01. The lowest BCUT2D eigenvalue weighted by molar-refractivity contribution is -0.142. The van der Waals surface area contributed by atoms with E-state index in [0.717, 1.165) is 16.5 Å². The molecule has 118 heavy (non-hydrogen) atoms. The number of guanidine groups is 2. The number of carboxylic acids is 1. The molecular formula is C79H131N23O15S. The number of H-pyrrole nitrogens is 1. The lowest BCUT2D eigenvalue weighted by Crippen LogP contribution is -2.62. The summed E-state index contributed by atoms with van der Waals surface area (Å²) >= 11 is 1.39. The van der Waals surface area contributed by atoms with E-state index in [-0.39, 0.29) is 95.8 Å². The van der Waals surface area contributed by atoms with Crippen LogP contribution >= 0.6 is 11.8 Å². The van der Waals surface area contributed by atoms with Gasteiger partial charge in [-0.3, -0.25) is 72.3 Å². The number of hydrogen-bond acceptors (Lipinski definition) is 20. The van der Waals surface area contributed by atoms with Crippen molar-refractivity contribution < 1.29 is 72.2 Å². The molecule has 0 bridgehead atoms. The van der Waals surface area contributed by atoms with Gasteiger partial charge in [0.2, 0.25) is 76.8 Å². The number of unbranched alkanes of at least 4 members (excludes halogenated alkanes) is 2. The minimum Gasteiger partial charge on any atom is -0.480 e. The van der Waals surface area contributed by atoms with Crippen molar-refractivity contribution in [3.05, 3.63) is 71.9 Å². The minimum atomic E-state index is -1.55. The Morgan fingerprint density at radius 3 is 1.25 bits per heavy atom. The summed E-state index contributed by atoms with van der Waals surface area (Å²) in [4.78, 5) is 208. The highest BCUT2D eigenvalue weighted by atomic mass is 32.2. The van der Waals surface area contributed by atoms with Gasteiger partial charge in [0.15, 0.2) is 11.9 Å². The first-order chi connectivity index (χ1) is 55.9. The van der Waals surface area contributed by atoms with Crippen LogP contribution in [0.1, 0.15) is 170 Å². The molecule has 1 aromatic heterocycles. The number of nitrogens with two attached hydrogens (primary N) is 8. The zero-order valence-corrected chi connectivity index (χ0v) is 70.5. The van der Waals surface area contributed by atoms with Crippen LogP contribution in [-0.4, -0.2) is 222 Å². The van der Waals surface area contributed by atoms with Gasteiger partial charge in [0.1, 0.15) is 72.5 Å². The lowest BCUT2D eigenvalue weighted by Gasteiger charge is -2.30. The maximum atomic E-state index is 15.0. The Bertz CT molecular complexity index is 3820. The maximum Gasteiger partial charge on any atom is 0.326 e. The third-order valence-electron chi connectivity index (χ3n) is 20.1. The minimum absolute atomic E-state index is 0.0215. The van der Waals surface area contributed by atoms with E-state index in [2.05, 4.69) is 78.8 Å². The molecule has 0 saturated heterocycles. The summed E-state index contributed by atoms with van der Waals surface area (Å²) in [5.74, 6) is -14.7. The SMILES string of the molecule is CC[C@H](C)[C@H](NC(=O)[C@H](CCCCN)NC(=O)[C@H](CCCCN)NC(=O)[C@@H](N)Cc1c[nH]c2ccccc12)C(=O)N[C@@H](CCCN=C(N)N)C(=O)N[C@@H](CCCN=C(N)N)C(=O)N[C@@H](Cc1ccccc1)C(=O)N[C@H](C(=O)N[C@@H](C)C(=O)N[C@@H](CCC(N)=O)C(=O)N[C@H](C(=O)N[C@H](C(=O)N[C@@H](CCSC)C(=O)O)[C@@H](C)CC)C(C)C)C(C)C. The third kappa shape index (κ3) is 36.1. The van der Waals surface area contributed by atoms with E-state index in [9.17, 15) is 67.4 Å². The summed E-state index contributed by atoms with van der Waals surface area (Å²) in [5.41, 5.74) is 48.5. The molecule has 3 rings (SSSR count). The quantitative estimate of drug-likeness (QED) is 0.0165. The number of nitrogens with one attached hydrogen (secondary N) is 13. The molecule has 0 spiro atoms. The largest absolute Gasteiger partial charge is 0.480 e. The highest BCUT2D eigenvalue weighted by Crippen LogP contribution is 2.21. The van der Waals surface area contributed by atoms with E-state index in [1.807, 2.05) is 24.3 Å². The van der Waals surface area contributed by atoms with Crippen LogP contribution in [0.15, 0.2) is 70.8 Å². The number of carboxylic acid groups (broad SMARTS) is 1. The summed E-state index contributed by atoms with van der Waals surface area (Å²) in [6, 6.07) is -1.61. The molecule has 0 saturated carbocycles. The summed E-state index contributed by atoms with van der Waals surface area (Å²) < 4.78 is 0. The average Bonchev–Trinajstić information content (AvgIpc) is 1.70. The molecule has 15 atom stereocenters. The number of nitrogens with zero attached hydrogens (tertiary/aromatic N) is 2. The van der Waals surface area contributed by atoms with E-state index < -0.39 is 191 Å². The Morgan fingerprint density at radius 2 is 0.805 bits per heavy atom. The Balaban J connectivity index is 1.98. The molecule has 39 heteroatoms. The highest BCUT2D eigenvalue weighted by Gasteiger charge is 2.39. The number of carbonyl (C=O) groups excluding carboxylic acids is 13. The highest BCUT2D eigenvalue weighted by molar-refractivity contribution is 7.98. The van der Waals surface area contributed by atoms with Gasteiger partial charge in [0, 0.05) is 43.0 Å². The molecule has 0 fully saturated rings. The van der Waals surface area contributed by atoms with Gasteiger partial charge in [-0.1, -0.05) is 117 Å². The number of para-hydroxylation sites is 1. The van der Waals surface area contributed by atoms with Crippen LogP contribution in [0.4, 0.5) is 0 Å². The van der Waals surface area contributed by atoms with E-state index >= 15 is 4.79 Å². The zero-order chi connectivity index (χ0) is 88.3. The van der Waals surface area contributed by atoms with Crippen molar-refractivity contribution in [2.75, 3.05) is 38.2 Å². The first-order valence-electron chi connectivity index (χ1n) is 40.4. The Hall–Kier alpha value is -10.7. The molecule has 1 heterocycles. The number of benzene rings is 2. The van der Waals surface area contributed by atoms with Crippen LogP contribution in [0.25, 0.3) is 10.9 Å². The molecule has 0 aliphatic carbocycles. The molecule has 30 N–H and O–H groups in total. The number of aliphatic imine (C=N–C) groups is 2. The number of aliphatic carboxylic acids is 1. The number of amides is 13. The van der Waals surface area contributed by atoms with Gasteiger partial charge in [-0.2, -0.15) is 11.8 Å². The van der Waals surface area contributed by atoms with Crippen molar-refractivity contribution >= 4 is 117 Å². The maximum absolute atomic E-state index is 15.0. The van der Waals surface area contributed by atoms with Gasteiger partial charge in [0.25, 0.3) is 0 Å². The van der Waals surface area contributed by atoms with Crippen molar-refractivity contribution in [2.45, 2.75) is 250 Å². The fourth-order valence-corrected chi connectivity index (χ4v) is 13.0. The summed E-state index contributed by atoms with van der Waals surface area (Å²) in [7, 11) is 0. The smallest absolute Gasteiger partial charge is 0.326 e. The third-order valence-corrected chi connectivity index (χ3v) is 20.7. The van der Waals surface area contributed by atoms with Gasteiger partial charge in [-0.25, -0.2) is 4.79 Å². The zero-order valence-electron chi connectivity index (χ0n) is 69.7. The second kappa shape index (κ2) is 53.6. The number of primary amides is 1. The number of aromatic nitrogens is 1. The molecule has 0 radical (unpaired) electrons. The van der Waals surface area contributed by atoms with Crippen LogP contribution in [0.5, 0.6) is 0 Å². The first-order valence-corrected chi connectivity index (χ1v) is 41.8. The van der Waals surface area contributed by atoms with Crippen molar-refractivity contribution in [3.63, 3.8) is 0 Å². The van der Waals surface area contributed by atoms with Gasteiger partial charge < -0.3 is 120 Å². The van der Waals surface area contributed by atoms with Gasteiger partial charge in [0.05, 0.1) is 6.04 Å². The number of fused-ring (bicyclic) bond motifs is 1. The lowest BCUT2D eigenvalue weighted by atomic mass is 9.96. The number of carbonyl (C=O) groups is 14. The van der Waals surface area contributed by atoms with E-state index in [1.165, 1.54) is 18.7 Å². The van der Waals surface area contributed by atoms with Gasteiger partial charge >= 0.3 is 5.97 Å². The molecule has 658 valence electrons. The summed E-state index contributed by atoms with van der Waals surface area (Å²) in [5, 5.41) is 42.9. The molecule has 0 unspecified atom stereocenters. The molecule has 38 nitrogen and oxygen atoms in total. The summed E-state index contributed by atoms with van der Waals surface area (Å²) in [6.45, 7) is 15.1. The Morgan fingerprint density at radius 1 is 0.424 bits per heavy atom. The fourth-order valence-electron chi connectivity index (χ4n) is 12.6. The molecule has 0 aliphatic heterocycles. The molecule has 3 aromatic rings.